The smallest absolute Gasteiger partial charge is 0.378 e. The highest BCUT2D eigenvalue weighted by atomic mass is 19.4. The van der Waals surface area contributed by atoms with Crippen molar-refractivity contribution >= 4 is 5.69 Å². The van der Waals surface area contributed by atoms with Crippen molar-refractivity contribution in [2.45, 2.75) is 18.0 Å². The van der Waals surface area contributed by atoms with Gasteiger partial charge in [0.25, 0.3) is 0 Å². The zero-order valence-corrected chi connectivity index (χ0v) is 9.90. The van der Waals surface area contributed by atoms with E-state index in [1.165, 1.54) is 25.1 Å². The first-order valence-corrected chi connectivity index (χ1v) is 5.01. The van der Waals surface area contributed by atoms with Gasteiger partial charge in [0.05, 0.1) is 0 Å². The van der Waals surface area contributed by atoms with Gasteiger partial charge in [0, 0.05) is 25.3 Å². The summed E-state index contributed by atoms with van der Waals surface area (Å²) < 4.78 is 88.8. The van der Waals surface area contributed by atoms with Gasteiger partial charge in [-0.25, -0.2) is 4.39 Å². The van der Waals surface area contributed by atoms with Crippen LogP contribution in [0.3, 0.4) is 0 Å². The standard InChI is InChI=1S/C11H10F7N/c1-19(2)8-5-3-4-7(6-8)9(12,10(13,14)15)11(16,17)18/h3-6H,1-2H3. The minimum atomic E-state index is -6.09. The molecule has 0 aliphatic heterocycles. The Labute approximate surface area is 104 Å². The van der Waals surface area contributed by atoms with Crippen LogP contribution >= 0.6 is 0 Å². The van der Waals surface area contributed by atoms with Gasteiger partial charge < -0.3 is 4.90 Å². The Kier molecular flexibility index (Phi) is 3.75. The van der Waals surface area contributed by atoms with Crippen molar-refractivity contribution in [3.8, 4) is 0 Å². The molecule has 1 rings (SSSR count). The van der Waals surface area contributed by atoms with Crippen LogP contribution in [-0.2, 0) is 5.67 Å². The quantitative estimate of drug-likeness (QED) is 0.743. The highest BCUT2D eigenvalue weighted by Gasteiger charge is 2.73. The van der Waals surface area contributed by atoms with Gasteiger partial charge in [-0.3, -0.25) is 0 Å². The summed E-state index contributed by atoms with van der Waals surface area (Å²) in [6.07, 6.45) is -12.2. The van der Waals surface area contributed by atoms with Crippen LogP contribution in [0.4, 0.5) is 36.4 Å². The second-order valence-corrected chi connectivity index (χ2v) is 4.10. The summed E-state index contributed by atoms with van der Waals surface area (Å²) in [5.41, 5.74) is -6.84. The van der Waals surface area contributed by atoms with Gasteiger partial charge in [-0.1, -0.05) is 12.1 Å². The van der Waals surface area contributed by atoms with E-state index in [1.54, 1.807) is 0 Å². The number of alkyl halides is 7. The lowest BCUT2D eigenvalue weighted by molar-refractivity contribution is -0.348. The Bertz CT molecular complexity index is 433. The molecule has 0 heterocycles. The van der Waals surface area contributed by atoms with Gasteiger partial charge in [0.15, 0.2) is 0 Å². The minimum absolute atomic E-state index is 0.0352. The van der Waals surface area contributed by atoms with E-state index < -0.39 is 23.6 Å². The molecule has 1 aromatic carbocycles. The monoisotopic (exact) mass is 289 g/mol. The summed E-state index contributed by atoms with van der Waals surface area (Å²) in [6.45, 7) is 0. The maximum absolute atomic E-state index is 13.7. The number of halogens is 7. The Morgan fingerprint density at radius 1 is 0.842 bits per heavy atom. The average Bonchev–Trinajstić information content (AvgIpc) is 2.25. The van der Waals surface area contributed by atoms with Crippen LogP contribution in [0.5, 0.6) is 0 Å². The van der Waals surface area contributed by atoms with Crippen LogP contribution in [0.1, 0.15) is 5.56 Å². The molecule has 0 atom stereocenters. The summed E-state index contributed by atoms with van der Waals surface area (Å²) >= 11 is 0. The zero-order chi connectivity index (χ0) is 15.1. The first-order valence-electron chi connectivity index (χ1n) is 5.01. The van der Waals surface area contributed by atoms with Crippen LogP contribution in [0.2, 0.25) is 0 Å². The molecular formula is C11H10F7N. The third-order valence-corrected chi connectivity index (χ3v) is 2.54. The zero-order valence-electron chi connectivity index (χ0n) is 9.90. The van der Waals surface area contributed by atoms with Crippen molar-refractivity contribution in [3.63, 3.8) is 0 Å². The first-order chi connectivity index (χ1) is 8.41. The van der Waals surface area contributed by atoms with E-state index in [1.807, 2.05) is 0 Å². The molecule has 0 bridgehead atoms. The van der Waals surface area contributed by atoms with Gasteiger partial charge in [-0.2, -0.15) is 26.3 Å². The van der Waals surface area contributed by atoms with E-state index in [4.69, 9.17) is 0 Å². The molecule has 1 aromatic rings. The van der Waals surface area contributed by atoms with Gasteiger partial charge in [0.2, 0.25) is 0 Å². The second kappa shape index (κ2) is 4.57. The van der Waals surface area contributed by atoms with Crippen molar-refractivity contribution < 1.29 is 30.7 Å². The fraction of sp³-hybridized carbons (Fsp3) is 0.455. The van der Waals surface area contributed by atoms with Crippen molar-refractivity contribution in [2.24, 2.45) is 0 Å². The lowest BCUT2D eigenvalue weighted by Crippen LogP contribution is -2.50. The maximum atomic E-state index is 13.7. The number of benzene rings is 1. The highest BCUT2D eigenvalue weighted by Crippen LogP contribution is 2.53. The third kappa shape index (κ3) is 2.62. The fourth-order valence-electron chi connectivity index (χ4n) is 1.49. The van der Waals surface area contributed by atoms with Crippen LogP contribution in [0.25, 0.3) is 0 Å². The Balaban J connectivity index is 3.48. The predicted octanol–water partition coefficient (Wildman–Crippen LogP) is 4.04. The minimum Gasteiger partial charge on any atom is -0.378 e. The van der Waals surface area contributed by atoms with Gasteiger partial charge >= 0.3 is 18.0 Å². The molecule has 0 aliphatic carbocycles. The molecule has 8 heteroatoms. The average molecular weight is 289 g/mol. The Morgan fingerprint density at radius 2 is 1.32 bits per heavy atom. The summed E-state index contributed by atoms with van der Waals surface area (Å²) in [6, 6.07) is 3.21. The number of hydrogen-bond donors (Lipinski definition) is 0. The van der Waals surface area contributed by atoms with Gasteiger partial charge in [0.1, 0.15) is 0 Å². The molecule has 19 heavy (non-hydrogen) atoms. The second-order valence-electron chi connectivity index (χ2n) is 4.10. The summed E-state index contributed by atoms with van der Waals surface area (Å²) in [5, 5.41) is 0. The van der Waals surface area contributed by atoms with E-state index in [-0.39, 0.29) is 5.69 Å². The molecule has 0 fully saturated rings. The van der Waals surface area contributed by atoms with Crippen LogP contribution in [-0.4, -0.2) is 26.4 Å². The molecule has 0 saturated carbocycles. The topological polar surface area (TPSA) is 3.24 Å². The van der Waals surface area contributed by atoms with Crippen LogP contribution in [0.15, 0.2) is 24.3 Å². The molecule has 0 spiro atoms. The molecule has 108 valence electrons. The SMILES string of the molecule is CN(C)c1cccc(C(F)(C(F)(F)F)C(F)(F)F)c1. The summed E-state index contributed by atoms with van der Waals surface area (Å²) in [7, 11) is 2.83. The summed E-state index contributed by atoms with van der Waals surface area (Å²) in [5.74, 6) is 0. The van der Waals surface area contributed by atoms with Crippen molar-refractivity contribution in [2.75, 3.05) is 19.0 Å². The molecule has 0 radical (unpaired) electrons. The predicted molar refractivity (Wildman–Crippen MR) is 55.7 cm³/mol. The largest absolute Gasteiger partial charge is 0.435 e. The molecular weight excluding hydrogens is 279 g/mol. The van der Waals surface area contributed by atoms with E-state index >= 15 is 0 Å². The number of rotatable bonds is 2. The van der Waals surface area contributed by atoms with E-state index in [9.17, 15) is 30.7 Å². The molecule has 0 aromatic heterocycles. The number of nitrogens with zero attached hydrogens (tertiary/aromatic N) is 1. The molecule has 0 N–H and O–H groups in total. The third-order valence-electron chi connectivity index (χ3n) is 2.54. The van der Waals surface area contributed by atoms with Crippen molar-refractivity contribution in [1.82, 2.24) is 0 Å². The van der Waals surface area contributed by atoms with Crippen LogP contribution in [0, 0.1) is 0 Å². The number of hydrogen-bond acceptors (Lipinski definition) is 1. The van der Waals surface area contributed by atoms with Crippen molar-refractivity contribution in [1.29, 1.82) is 0 Å². The highest BCUT2D eigenvalue weighted by molar-refractivity contribution is 5.49. The van der Waals surface area contributed by atoms with Gasteiger partial charge in [-0.05, 0) is 12.1 Å². The fourth-order valence-corrected chi connectivity index (χ4v) is 1.49. The molecule has 0 saturated heterocycles. The van der Waals surface area contributed by atoms with E-state index in [0.29, 0.717) is 12.1 Å². The molecule has 1 nitrogen and oxygen atoms in total. The lowest BCUT2D eigenvalue weighted by atomic mass is 9.93. The van der Waals surface area contributed by atoms with Crippen LogP contribution < -0.4 is 4.90 Å². The molecule has 0 aliphatic rings. The van der Waals surface area contributed by atoms with Gasteiger partial charge in [-0.15, -0.1) is 0 Å². The first kappa shape index (κ1) is 15.6. The maximum Gasteiger partial charge on any atom is 0.435 e. The Hall–Kier alpha value is -1.47. The van der Waals surface area contributed by atoms with E-state index in [2.05, 4.69) is 0 Å². The Morgan fingerprint density at radius 3 is 1.68 bits per heavy atom. The van der Waals surface area contributed by atoms with E-state index in [0.717, 1.165) is 6.07 Å². The normalized spacial score (nSPS) is 13.5. The molecule has 0 unspecified atom stereocenters. The summed E-state index contributed by atoms with van der Waals surface area (Å²) in [4.78, 5) is 1.27. The number of anilines is 1. The lowest BCUT2D eigenvalue weighted by Gasteiger charge is -2.30. The molecule has 0 amide bonds. The van der Waals surface area contributed by atoms with Crippen molar-refractivity contribution in [3.05, 3.63) is 29.8 Å².